The van der Waals surface area contributed by atoms with Crippen LogP contribution in [0.2, 0.25) is 5.02 Å². The number of amides is 4. The topological polar surface area (TPSA) is 87.7 Å². The molecule has 0 aliphatic carbocycles. The molecule has 4 amide bonds. The Balaban J connectivity index is 1.79. The summed E-state index contributed by atoms with van der Waals surface area (Å²) in [5.74, 6) is -0.578. The molecule has 1 fully saturated rings. The minimum atomic E-state index is -1.21. The number of nitrogens with one attached hydrogen (secondary N) is 2. The number of nitrogens with zero attached hydrogens (tertiary/aromatic N) is 1. The van der Waals surface area contributed by atoms with Crippen LogP contribution in [0.25, 0.3) is 0 Å². The number of rotatable bonds is 6. The Bertz CT molecular complexity index is 919. The number of carbonyl (C=O) groups excluding carboxylic acids is 3. The summed E-state index contributed by atoms with van der Waals surface area (Å²) in [5.41, 5.74) is 2.38. The van der Waals surface area contributed by atoms with Crippen LogP contribution >= 0.6 is 11.6 Å². The molecule has 1 aliphatic heterocycles. The van der Waals surface area contributed by atoms with E-state index in [0.29, 0.717) is 28.3 Å². The highest BCUT2D eigenvalue weighted by Gasteiger charge is 2.52. The highest BCUT2D eigenvalue weighted by molar-refractivity contribution is 6.30. The van der Waals surface area contributed by atoms with E-state index < -0.39 is 23.4 Å². The third kappa shape index (κ3) is 3.53. The van der Waals surface area contributed by atoms with Crippen LogP contribution in [0.4, 0.5) is 4.79 Å². The maximum absolute atomic E-state index is 13.0. The lowest BCUT2D eigenvalue weighted by molar-refractivity contribution is -0.139. The highest BCUT2D eigenvalue weighted by Crippen LogP contribution is 2.31. The second-order valence-corrected chi connectivity index (χ2v) is 6.80. The number of hydrazine groups is 1. The van der Waals surface area contributed by atoms with Crippen LogP contribution in [0, 0.1) is 0 Å². The van der Waals surface area contributed by atoms with E-state index >= 15 is 0 Å². The van der Waals surface area contributed by atoms with E-state index in [1.807, 2.05) is 6.07 Å². The lowest BCUT2D eigenvalue weighted by atomic mass is 9.87. The third-order valence-electron chi connectivity index (χ3n) is 4.72. The van der Waals surface area contributed by atoms with Crippen LogP contribution in [0.15, 0.2) is 48.5 Å². The van der Waals surface area contributed by atoms with Crippen LogP contribution < -0.4 is 15.5 Å². The van der Waals surface area contributed by atoms with Crippen molar-refractivity contribution in [1.82, 2.24) is 15.8 Å². The van der Waals surface area contributed by atoms with E-state index in [1.54, 1.807) is 49.4 Å². The molecule has 1 atom stereocenters. The van der Waals surface area contributed by atoms with E-state index in [4.69, 9.17) is 16.3 Å². The number of methoxy groups -OCH3 is 1. The molecule has 0 saturated carbocycles. The van der Waals surface area contributed by atoms with Crippen molar-refractivity contribution in [3.05, 3.63) is 64.7 Å². The second-order valence-electron chi connectivity index (χ2n) is 6.36. The first-order valence-corrected chi connectivity index (χ1v) is 9.13. The zero-order chi connectivity index (χ0) is 20.3. The van der Waals surface area contributed by atoms with Gasteiger partial charge in [-0.1, -0.05) is 48.9 Å². The van der Waals surface area contributed by atoms with Gasteiger partial charge in [0, 0.05) is 10.6 Å². The number of benzene rings is 2. The van der Waals surface area contributed by atoms with Crippen molar-refractivity contribution in [2.75, 3.05) is 7.11 Å². The fraction of sp³-hybridized carbons (Fsp3) is 0.250. The Labute approximate surface area is 167 Å². The molecule has 28 heavy (non-hydrogen) atoms. The molecule has 3 rings (SSSR count). The first kappa shape index (κ1) is 19.7. The smallest absolute Gasteiger partial charge is 0.344 e. The molecule has 7 nitrogen and oxygen atoms in total. The van der Waals surface area contributed by atoms with Gasteiger partial charge in [-0.2, -0.15) is 5.01 Å². The Hall–Kier alpha value is -3.06. The standard InChI is InChI=1S/C20H20ClN3O4/c1-3-20(14-7-5-4-6-8-14)18(26)24(19(27)22-20)23-17(25)12-13-11-15(21)9-10-16(13)28-2/h4-11H,3,12H2,1-2H3,(H,22,27)(H,23,25). The Morgan fingerprint density at radius 2 is 1.93 bits per heavy atom. The van der Waals surface area contributed by atoms with E-state index in [0.717, 1.165) is 5.01 Å². The molecule has 0 bridgehead atoms. The molecule has 0 spiro atoms. The number of urea groups is 1. The van der Waals surface area contributed by atoms with Gasteiger partial charge in [0.05, 0.1) is 13.5 Å². The van der Waals surface area contributed by atoms with Crippen molar-refractivity contribution in [2.45, 2.75) is 25.3 Å². The molecule has 1 aliphatic rings. The maximum Gasteiger partial charge on any atom is 0.344 e. The summed E-state index contributed by atoms with van der Waals surface area (Å²) in [7, 11) is 1.48. The molecular weight excluding hydrogens is 382 g/mol. The molecule has 1 unspecified atom stereocenters. The van der Waals surface area contributed by atoms with E-state index in [1.165, 1.54) is 7.11 Å². The lowest BCUT2D eigenvalue weighted by Crippen LogP contribution is -2.49. The summed E-state index contributed by atoms with van der Waals surface area (Å²) in [6, 6.07) is 13.2. The number of ether oxygens (including phenoxy) is 1. The number of carbonyl (C=O) groups is 3. The molecule has 0 radical (unpaired) electrons. The van der Waals surface area contributed by atoms with Gasteiger partial charge in [-0.15, -0.1) is 0 Å². The number of hydrogen-bond donors (Lipinski definition) is 2. The monoisotopic (exact) mass is 401 g/mol. The summed E-state index contributed by atoms with van der Waals surface area (Å²) in [4.78, 5) is 37.9. The van der Waals surface area contributed by atoms with E-state index in [2.05, 4.69) is 10.7 Å². The average Bonchev–Trinajstić information content (AvgIpc) is 2.94. The maximum atomic E-state index is 13.0. The van der Waals surface area contributed by atoms with Gasteiger partial charge in [-0.05, 0) is 30.2 Å². The lowest BCUT2D eigenvalue weighted by Gasteiger charge is -2.25. The quantitative estimate of drug-likeness (QED) is 0.728. The fourth-order valence-electron chi connectivity index (χ4n) is 3.26. The predicted octanol–water partition coefficient (Wildman–Crippen LogP) is 2.78. The SMILES string of the molecule is CCC1(c2ccccc2)NC(=O)N(NC(=O)Cc2cc(Cl)ccc2OC)C1=O. The largest absolute Gasteiger partial charge is 0.496 e. The Morgan fingerprint density at radius 3 is 2.57 bits per heavy atom. The van der Waals surface area contributed by atoms with Gasteiger partial charge < -0.3 is 10.1 Å². The summed E-state index contributed by atoms with van der Waals surface area (Å²) in [5, 5.41) is 3.89. The predicted molar refractivity (Wildman–Crippen MR) is 104 cm³/mol. The van der Waals surface area contributed by atoms with Crippen molar-refractivity contribution >= 4 is 29.4 Å². The fourth-order valence-corrected chi connectivity index (χ4v) is 3.46. The van der Waals surface area contributed by atoms with Crippen molar-refractivity contribution in [3.63, 3.8) is 0 Å². The minimum absolute atomic E-state index is 0.106. The Kier molecular flexibility index (Phi) is 5.56. The summed E-state index contributed by atoms with van der Waals surface area (Å²) < 4.78 is 5.22. The molecule has 1 heterocycles. The first-order valence-electron chi connectivity index (χ1n) is 8.75. The molecule has 8 heteroatoms. The molecular formula is C20H20ClN3O4. The van der Waals surface area contributed by atoms with Crippen molar-refractivity contribution < 1.29 is 19.1 Å². The van der Waals surface area contributed by atoms with Crippen molar-refractivity contribution in [2.24, 2.45) is 0 Å². The van der Waals surface area contributed by atoms with Gasteiger partial charge >= 0.3 is 6.03 Å². The van der Waals surface area contributed by atoms with Gasteiger partial charge in [0.15, 0.2) is 0 Å². The van der Waals surface area contributed by atoms with Gasteiger partial charge in [0.1, 0.15) is 11.3 Å². The van der Waals surface area contributed by atoms with Crippen LogP contribution in [0.3, 0.4) is 0 Å². The zero-order valence-corrected chi connectivity index (χ0v) is 16.2. The number of halogens is 1. The average molecular weight is 402 g/mol. The van der Waals surface area contributed by atoms with Crippen LogP contribution in [-0.4, -0.2) is 30.0 Å². The van der Waals surface area contributed by atoms with E-state index in [-0.39, 0.29) is 6.42 Å². The third-order valence-corrected chi connectivity index (χ3v) is 4.95. The van der Waals surface area contributed by atoms with Crippen molar-refractivity contribution in [3.8, 4) is 5.75 Å². The molecule has 1 saturated heterocycles. The summed E-state index contributed by atoms with van der Waals surface area (Å²) >= 11 is 5.98. The van der Waals surface area contributed by atoms with Gasteiger partial charge in [0.25, 0.3) is 5.91 Å². The Morgan fingerprint density at radius 1 is 1.21 bits per heavy atom. The van der Waals surface area contributed by atoms with Crippen LogP contribution in [-0.2, 0) is 21.5 Å². The normalized spacial score (nSPS) is 18.8. The molecule has 2 aromatic carbocycles. The molecule has 146 valence electrons. The first-order chi connectivity index (χ1) is 13.4. The summed E-state index contributed by atoms with van der Waals surface area (Å²) in [6.07, 6.45) is 0.237. The van der Waals surface area contributed by atoms with Gasteiger partial charge in [-0.25, -0.2) is 4.79 Å². The van der Waals surface area contributed by atoms with Crippen LogP contribution in [0.5, 0.6) is 5.75 Å². The highest BCUT2D eigenvalue weighted by atomic mass is 35.5. The molecule has 0 aromatic heterocycles. The van der Waals surface area contributed by atoms with E-state index in [9.17, 15) is 14.4 Å². The van der Waals surface area contributed by atoms with Gasteiger partial charge in [0.2, 0.25) is 5.91 Å². The molecule has 2 N–H and O–H groups in total. The zero-order valence-electron chi connectivity index (χ0n) is 15.5. The minimum Gasteiger partial charge on any atom is -0.496 e. The molecule has 2 aromatic rings. The number of imide groups is 1. The van der Waals surface area contributed by atoms with Crippen LogP contribution in [0.1, 0.15) is 24.5 Å². The summed E-state index contributed by atoms with van der Waals surface area (Å²) in [6.45, 7) is 1.80. The second kappa shape index (κ2) is 7.90. The number of hydrogen-bond acceptors (Lipinski definition) is 4. The van der Waals surface area contributed by atoms with Gasteiger partial charge in [-0.3, -0.25) is 15.0 Å². The van der Waals surface area contributed by atoms with Crippen molar-refractivity contribution in [1.29, 1.82) is 0 Å².